The second-order valence-electron chi connectivity index (χ2n) is 3.86. The molecule has 2 atom stereocenters. The van der Waals surface area contributed by atoms with Crippen molar-refractivity contribution in [1.82, 2.24) is 0 Å². The van der Waals surface area contributed by atoms with Crippen LogP contribution in [0.4, 0.5) is 17.6 Å². The van der Waals surface area contributed by atoms with Gasteiger partial charge in [0.15, 0.2) is 0 Å². The van der Waals surface area contributed by atoms with E-state index in [1.54, 1.807) is 0 Å². The van der Waals surface area contributed by atoms with E-state index in [0.29, 0.717) is 6.07 Å². The quantitative estimate of drug-likeness (QED) is 0.811. The van der Waals surface area contributed by atoms with E-state index >= 15 is 0 Å². The number of benzene rings is 1. The summed E-state index contributed by atoms with van der Waals surface area (Å²) in [6, 6.07) is 2.83. The van der Waals surface area contributed by atoms with Crippen LogP contribution in [0.15, 0.2) is 18.2 Å². The molecule has 0 fully saturated rings. The Kier molecular flexibility index (Phi) is 4.11. The van der Waals surface area contributed by atoms with E-state index in [-0.39, 0.29) is 12.1 Å². The third-order valence-corrected chi connectivity index (χ3v) is 2.56. The van der Waals surface area contributed by atoms with Gasteiger partial charge in [0, 0.05) is 5.56 Å². The fourth-order valence-corrected chi connectivity index (χ4v) is 1.43. The van der Waals surface area contributed by atoms with Crippen molar-refractivity contribution in [2.24, 2.45) is 11.7 Å². The molecule has 0 heterocycles. The molecule has 0 aromatic heterocycles. The van der Waals surface area contributed by atoms with Crippen molar-refractivity contribution in [2.45, 2.75) is 19.2 Å². The summed E-state index contributed by atoms with van der Waals surface area (Å²) < 4.78 is 50.9. The zero-order valence-electron chi connectivity index (χ0n) is 9.13. The fourth-order valence-electron chi connectivity index (χ4n) is 1.43. The first-order chi connectivity index (χ1) is 7.79. The van der Waals surface area contributed by atoms with Crippen LogP contribution < -0.4 is 5.73 Å². The maximum atomic E-state index is 13.6. The van der Waals surface area contributed by atoms with Gasteiger partial charge in [-0.3, -0.25) is 0 Å². The molecule has 2 nitrogen and oxygen atoms in total. The topological polar surface area (TPSA) is 46.2 Å². The third kappa shape index (κ3) is 2.95. The molecule has 0 radical (unpaired) electrons. The summed E-state index contributed by atoms with van der Waals surface area (Å²) in [6.45, 7) is 1.58. The molecule has 96 valence electrons. The smallest absolute Gasteiger partial charge is 0.388 e. The molecule has 1 aromatic rings. The van der Waals surface area contributed by atoms with Crippen LogP contribution in [0.1, 0.15) is 24.2 Å². The van der Waals surface area contributed by atoms with Gasteiger partial charge in [-0.15, -0.1) is 0 Å². The molecular weight excluding hydrogens is 238 g/mol. The predicted octanol–water partition coefficient (Wildman–Crippen LogP) is 2.47. The number of aliphatic hydroxyl groups excluding tert-OH is 1. The molecule has 6 heteroatoms. The minimum absolute atomic E-state index is 0.0524. The van der Waals surface area contributed by atoms with Crippen molar-refractivity contribution in [2.75, 3.05) is 6.54 Å². The minimum atomic E-state index is -4.77. The Morgan fingerprint density at radius 3 is 2.41 bits per heavy atom. The molecule has 1 aromatic carbocycles. The zero-order valence-corrected chi connectivity index (χ0v) is 9.13. The lowest BCUT2D eigenvalue weighted by atomic mass is 9.95. The molecule has 0 saturated carbocycles. The lowest BCUT2D eigenvalue weighted by molar-refractivity contribution is -0.140. The van der Waals surface area contributed by atoms with Crippen molar-refractivity contribution in [1.29, 1.82) is 0 Å². The Bertz CT molecular complexity index is 392. The number of halogens is 4. The van der Waals surface area contributed by atoms with Gasteiger partial charge in [0.05, 0.1) is 11.7 Å². The SMILES string of the molecule is CC(CN)C(O)c1cccc(C(F)(F)F)c1F. The highest BCUT2D eigenvalue weighted by Crippen LogP contribution is 2.35. The van der Waals surface area contributed by atoms with Crippen LogP contribution in [-0.2, 0) is 6.18 Å². The summed E-state index contributed by atoms with van der Waals surface area (Å²) in [7, 11) is 0. The highest BCUT2D eigenvalue weighted by molar-refractivity contribution is 5.30. The summed E-state index contributed by atoms with van der Waals surface area (Å²) >= 11 is 0. The number of aliphatic hydroxyl groups is 1. The van der Waals surface area contributed by atoms with Crippen LogP contribution >= 0.6 is 0 Å². The van der Waals surface area contributed by atoms with Crippen LogP contribution in [-0.4, -0.2) is 11.7 Å². The summed E-state index contributed by atoms with van der Waals surface area (Å²) in [6.07, 6.45) is -6.12. The van der Waals surface area contributed by atoms with Gasteiger partial charge in [0.25, 0.3) is 0 Å². The normalized spacial score (nSPS) is 15.7. The molecule has 3 N–H and O–H groups in total. The van der Waals surface area contributed by atoms with Gasteiger partial charge in [0.1, 0.15) is 5.82 Å². The van der Waals surface area contributed by atoms with E-state index in [0.717, 1.165) is 12.1 Å². The van der Waals surface area contributed by atoms with Gasteiger partial charge >= 0.3 is 6.18 Å². The summed E-state index contributed by atoms with van der Waals surface area (Å²) in [5.74, 6) is -1.96. The molecule has 2 unspecified atom stereocenters. The average molecular weight is 251 g/mol. The number of hydrogen-bond donors (Lipinski definition) is 2. The lowest BCUT2D eigenvalue weighted by Gasteiger charge is -2.19. The van der Waals surface area contributed by atoms with Crippen LogP contribution in [0.5, 0.6) is 0 Å². The minimum Gasteiger partial charge on any atom is -0.388 e. The van der Waals surface area contributed by atoms with Gasteiger partial charge < -0.3 is 10.8 Å². The van der Waals surface area contributed by atoms with Crippen LogP contribution in [0.3, 0.4) is 0 Å². The highest BCUT2D eigenvalue weighted by atomic mass is 19.4. The second kappa shape index (κ2) is 5.01. The number of rotatable bonds is 3. The summed E-state index contributed by atoms with van der Waals surface area (Å²) in [5, 5.41) is 9.67. The molecule has 0 bridgehead atoms. The largest absolute Gasteiger partial charge is 0.419 e. The van der Waals surface area contributed by atoms with Gasteiger partial charge in [-0.2, -0.15) is 13.2 Å². The Hall–Kier alpha value is -1.14. The zero-order chi connectivity index (χ0) is 13.2. The molecule has 0 spiro atoms. The molecular formula is C11H13F4NO. The first kappa shape index (κ1) is 13.9. The highest BCUT2D eigenvalue weighted by Gasteiger charge is 2.36. The van der Waals surface area contributed by atoms with Crippen molar-refractivity contribution in [3.8, 4) is 0 Å². The van der Waals surface area contributed by atoms with E-state index in [4.69, 9.17) is 5.73 Å². The lowest BCUT2D eigenvalue weighted by Crippen LogP contribution is -2.21. The Balaban J connectivity index is 3.19. The van der Waals surface area contributed by atoms with Crippen molar-refractivity contribution in [3.05, 3.63) is 35.1 Å². The Morgan fingerprint density at radius 1 is 1.35 bits per heavy atom. The second-order valence-corrected chi connectivity index (χ2v) is 3.86. The van der Waals surface area contributed by atoms with Gasteiger partial charge in [-0.05, 0) is 18.5 Å². The molecule has 0 aliphatic carbocycles. The van der Waals surface area contributed by atoms with Crippen molar-refractivity contribution >= 4 is 0 Å². The van der Waals surface area contributed by atoms with Gasteiger partial charge in [-0.1, -0.05) is 19.1 Å². The van der Waals surface area contributed by atoms with Gasteiger partial charge in [0.2, 0.25) is 0 Å². The molecule has 1 rings (SSSR count). The molecule has 0 amide bonds. The number of hydrogen-bond acceptors (Lipinski definition) is 2. The number of nitrogens with two attached hydrogens (primary N) is 1. The van der Waals surface area contributed by atoms with E-state index in [9.17, 15) is 22.7 Å². The third-order valence-electron chi connectivity index (χ3n) is 2.56. The van der Waals surface area contributed by atoms with Crippen LogP contribution in [0.25, 0.3) is 0 Å². The fraction of sp³-hybridized carbons (Fsp3) is 0.455. The Morgan fingerprint density at radius 2 is 1.94 bits per heavy atom. The first-order valence-electron chi connectivity index (χ1n) is 5.02. The maximum absolute atomic E-state index is 13.6. The average Bonchev–Trinajstić information content (AvgIpc) is 2.25. The summed E-state index contributed by atoms with van der Waals surface area (Å²) in [4.78, 5) is 0. The molecule has 0 aliphatic heterocycles. The monoisotopic (exact) mass is 251 g/mol. The van der Waals surface area contributed by atoms with Crippen LogP contribution in [0.2, 0.25) is 0 Å². The first-order valence-corrected chi connectivity index (χ1v) is 5.02. The van der Waals surface area contributed by atoms with E-state index < -0.39 is 29.6 Å². The van der Waals surface area contributed by atoms with Crippen molar-refractivity contribution < 1.29 is 22.7 Å². The van der Waals surface area contributed by atoms with E-state index in [1.165, 1.54) is 6.92 Å². The van der Waals surface area contributed by atoms with E-state index in [1.807, 2.05) is 0 Å². The predicted molar refractivity (Wildman–Crippen MR) is 54.6 cm³/mol. The van der Waals surface area contributed by atoms with Crippen LogP contribution in [0, 0.1) is 11.7 Å². The molecule has 0 aliphatic rings. The van der Waals surface area contributed by atoms with Gasteiger partial charge in [-0.25, -0.2) is 4.39 Å². The standard InChI is InChI=1S/C11H13F4NO/c1-6(5-16)10(17)7-3-2-4-8(9(7)12)11(13,14)15/h2-4,6,10,17H,5,16H2,1H3. The van der Waals surface area contributed by atoms with Crippen molar-refractivity contribution in [3.63, 3.8) is 0 Å². The Labute approximate surface area is 96.1 Å². The molecule has 17 heavy (non-hydrogen) atoms. The molecule has 0 saturated heterocycles. The maximum Gasteiger partial charge on any atom is 0.419 e. The summed E-state index contributed by atoms with van der Waals surface area (Å²) in [5.41, 5.74) is 3.53. The number of alkyl halides is 3. The van der Waals surface area contributed by atoms with E-state index in [2.05, 4.69) is 0 Å².